The third kappa shape index (κ3) is 2.81. The van der Waals surface area contributed by atoms with Crippen molar-refractivity contribution in [2.75, 3.05) is 26.3 Å². The first-order valence-electron chi connectivity index (χ1n) is 4.23. The van der Waals surface area contributed by atoms with Gasteiger partial charge >= 0.3 is 5.97 Å². The van der Waals surface area contributed by atoms with Crippen LogP contribution in [0.3, 0.4) is 0 Å². The van der Waals surface area contributed by atoms with Crippen LogP contribution in [0, 0.1) is 0 Å². The van der Waals surface area contributed by atoms with Gasteiger partial charge in [0.05, 0.1) is 19.6 Å². The largest absolute Gasteiger partial charge is 0.475 e. The topological polar surface area (TPSA) is 83.9 Å². The molecule has 0 aromatic heterocycles. The molecule has 0 unspecified atom stereocenters. The van der Waals surface area contributed by atoms with Crippen LogP contribution in [0.4, 0.5) is 0 Å². The third-order valence-corrected chi connectivity index (χ3v) is 1.91. The molecule has 1 aliphatic rings. The number of carbonyl (C=O) groups excluding carboxylic acids is 2. The van der Waals surface area contributed by atoms with Crippen molar-refractivity contribution in [3.05, 3.63) is 0 Å². The average Bonchev–Trinajstić information content (AvgIpc) is 2.19. The number of hydrogen-bond donors (Lipinski definition) is 1. The molecule has 0 atom stereocenters. The van der Waals surface area contributed by atoms with Crippen molar-refractivity contribution in [3.63, 3.8) is 0 Å². The highest BCUT2D eigenvalue weighted by molar-refractivity contribution is 6.36. The van der Waals surface area contributed by atoms with Crippen molar-refractivity contribution in [2.24, 2.45) is 0 Å². The number of Topliss-reactive ketones (excluding diaryl/α,β-unsaturated/α-hetero) is 1. The number of carboxylic acid groups (broad SMARTS) is 1. The lowest BCUT2D eigenvalue weighted by Crippen LogP contribution is -2.41. The molecule has 14 heavy (non-hydrogen) atoms. The molecule has 1 aliphatic heterocycles. The zero-order chi connectivity index (χ0) is 10.6. The van der Waals surface area contributed by atoms with E-state index in [2.05, 4.69) is 0 Å². The summed E-state index contributed by atoms with van der Waals surface area (Å²) in [5.41, 5.74) is 0. The lowest BCUT2D eigenvalue weighted by Gasteiger charge is -2.26. The summed E-state index contributed by atoms with van der Waals surface area (Å²) in [6, 6.07) is 0. The van der Waals surface area contributed by atoms with Crippen molar-refractivity contribution in [2.45, 2.75) is 6.42 Å². The Morgan fingerprint density at radius 3 is 2.29 bits per heavy atom. The number of morpholine rings is 1. The fourth-order valence-electron chi connectivity index (χ4n) is 1.14. The van der Waals surface area contributed by atoms with Gasteiger partial charge in [-0.3, -0.25) is 9.59 Å². The minimum absolute atomic E-state index is 0.422. The minimum atomic E-state index is -1.56. The molecule has 6 heteroatoms. The Kier molecular flexibility index (Phi) is 3.58. The Labute approximate surface area is 80.4 Å². The normalized spacial score (nSPS) is 16.4. The van der Waals surface area contributed by atoms with Crippen LogP contribution in [0.1, 0.15) is 6.42 Å². The van der Waals surface area contributed by atoms with E-state index in [-0.39, 0.29) is 0 Å². The van der Waals surface area contributed by atoms with Crippen molar-refractivity contribution in [3.8, 4) is 0 Å². The number of carboxylic acids is 1. The van der Waals surface area contributed by atoms with E-state index in [0.29, 0.717) is 26.3 Å². The van der Waals surface area contributed by atoms with Crippen molar-refractivity contribution < 1.29 is 24.2 Å². The van der Waals surface area contributed by atoms with Crippen molar-refractivity contribution in [1.82, 2.24) is 4.90 Å². The lowest BCUT2D eigenvalue weighted by atomic mass is 10.2. The number of ether oxygens (including phenoxy) is 1. The van der Waals surface area contributed by atoms with Gasteiger partial charge in [-0.15, -0.1) is 0 Å². The number of nitrogens with zero attached hydrogens (tertiary/aromatic N) is 1. The van der Waals surface area contributed by atoms with Crippen LogP contribution in [-0.2, 0) is 19.1 Å². The zero-order valence-corrected chi connectivity index (χ0v) is 7.56. The van der Waals surface area contributed by atoms with Gasteiger partial charge in [-0.2, -0.15) is 0 Å². The molecule has 1 heterocycles. The van der Waals surface area contributed by atoms with Gasteiger partial charge in [0.15, 0.2) is 0 Å². The fourth-order valence-corrected chi connectivity index (χ4v) is 1.14. The minimum Gasteiger partial charge on any atom is -0.475 e. The fraction of sp³-hybridized carbons (Fsp3) is 0.625. The number of rotatable bonds is 3. The molecule has 1 fully saturated rings. The Bertz CT molecular complexity index is 256. The van der Waals surface area contributed by atoms with E-state index in [1.807, 2.05) is 0 Å². The van der Waals surface area contributed by atoms with Gasteiger partial charge in [-0.05, 0) is 0 Å². The van der Waals surface area contributed by atoms with Gasteiger partial charge in [0.1, 0.15) is 0 Å². The summed E-state index contributed by atoms with van der Waals surface area (Å²) in [4.78, 5) is 33.6. The summed E-state index contributed by atoms with van der Waals surface area (Å²) in [5.74, 6) is -3.08. The van der Waals surface area contributed by atoms with Crippen molar-refractivity contribution in [1.29, 1.82) is 0 Å². The Hall–Kier alpha value is -1.43. The summed E-state index contributed by atoms with van der Waals surface area (Å²) in [7, 11) is 0. The second-order valence-corrected chi connectivity index (χ2v) is 2.90. The smallest absolute Gasteiger partial charge is 0.372 e. The maximum absolute atomic E-state index is 11.3. The first-order valence-corrected chi connectivity index (χ1v) is 4.23. The molecule has 1 saturated heterocycles. The van der Waals surface area contributed by atoms with Crippen LogP contribution in [0.5, 0.6) is 0 Å². The van der Waals surface area contributed by atoms with Crippen LogP contribution in [-0.4, -0.2) is 54.0 Å². The van der Waals surface area contributed by atoms with E-state index >= 15 is 0 Å². The number of aliphatic carboxylic acids is 1. The first kappa shape index (κ1) is 10.6. The average molecular weight is 201 g/mol. The molecule has 0 aliphatic carbocycles. The maximum atomic E-state index is 11.3. The molecular formula is C8H11NO5. The van der Waals surface area contributed by atoms with Crippen LogP contribution in [0.2, 0.25) is 0 Å². The van der Waals surface area contributed by atoms with Crippen LogP contribution in [0.25, 0.3) is 0 Å². The highest BCUT2D eigenvalue weighted by atomic mass is 16.5. The molecule has 0 aromatic carbocycles. The summed E-state index contributed by atoms with van der Waals surface area (Å²) < 4.78 is 5.01. The molecular weight excluding hydrogens is 190 g/mol. The van der Waals surface area contributed by atoms with Crippen molar-refractivity contribution >= 4 is 17.7 Å². The lowest BCUT2D eigenvalue weighted by molar-refractivity contribution is -0.152. The highest BCUT2D eigenvalue weighted by Gasteiger charge is 2.22. The number of hydrogen-bond acceptors (Lipinski definition) is 4. The number of ketones is 1. The standard InChI is InChI=1S/C8H11NO5/c10-6(8(12)13)5-7(11)9-1-3-14-4-2-9/h1-5H2,(H,12,13). The molecule has 1 N–H and O–H groups in total. The predicted molar refractivity (Wildman–Crippen MR) is 44.7 cm³/mol. The van der Waals surface area contributed by atoms with Crippen LogP contribution < -0.4 is 0 Å². The molecule has 1 rings (SSSR count). The summed E-state index contributed by atoms with van der Waals surface area (Å²) in [6.45, 7) is 1.72. The summed E-state index contributed by atoms with van der Waals surface area (Å²) in [5, 5.41) is 8.28. The molecule has 0 saturated carbocycles. The maximum Gasteiger partial charge on any atom is 0.372 e. The molecule has 0 bridgehead atoms. The monoisotopic (exact) mass is 201 g/mol. The number of carbonyl (C=O) groups is 3. The van der Waals surface area contributed by atoms with Gasteiger partial charge in [-0.25, -0.2) is 4.79 Å². The molecule has 1 amide bonds. The molecule has 78 valence electrons. The summed E-state index contributed by atoms with van der Waals surface area (Å²) >= 11 is 0. The van der Waals surface area contributed by atoms with Gasteiger partial charge < -0.3 is 14.7 Å². The molecule has 0 spiro atoms. The van der Waals surface area contributed by atoms with E-state index in [9.17, 15) is 14.4 Å². The predicted octanol–water partition coefficient (Wildman–Crippen LogP) is -1.11. The SMILES string of the molecule is O=C(O)C(=O)CC(=O)N1CCOCC1. The van der Waals surface area contributed by atoms with E-state index in [1.165, 1.54) is 4.90 Å². The summed E-state index contributed by atoms with van der Waals surface area (Å²) in [6.07, 6.45) is -0.560. The van der Waals surface area contributed by atoms with Gasteiger partial charge in [-0.1, -0.05) is 0 Å². The molecule has 6 nitrogen and oxygen atoms in total. The van der Waals surface area contributed by atoms with Gasteiger partial charge in [0.25, 0.3) is 0 Å². The van der Waals surface area contributed by atoms with E-state index in [0.717, 1.165) is 0 Å². The van der Waals surface area contributed by atoms with E-state index in [4.69, 9.17) is 9.84 Å². The number of amides is 1. The molecule has 0 aromatic rings. The third-order valence-electron chi connectivity index (χ3n) is 1.91. The van der Waals surface area contributed by atoms with E-state index < -0.39 is 24.1 Å². The molecule has 0 radical (unpaired) electrons. The Morgan fingerprint density at radius 1 is 1.21 bits per heavy atom. The Balaban J connectivity index is 2.40. The zero-order valence-electron chi connectivity index (χ0n) is 7.56. The van der Waals surface area contributed by atoms with Gasteiger partial charge in [0, 0.05) is 13.1 Å². The first-order chi connectivity index (χ1) is 6.61. The van der Waals surface area contributed by atoms with Gasteiger partial charge in [0.2, 0.25) is 11.7 Å². The highest BCUT2D eigenvalue weighted by Crippen LogP contribution is 2.00. The van der Waals surface area contributed by atoms with Crippen LogP contribution in [0.15, 0.2) is 0 Å². The second kappa shape index (κ2) is 4.71. The van der Waals surface area contributed by atoms with Crippen LogP contribution >= 0.6 is 0 Å². The Morgan fingerprint density at radius 2 is 1.79 bits per heavy atom. The quantitative estimate of drug-likeness (QED) is 0.462. The second-order valence-electron chi connectivity index (χ2n) is 2.90. The van der Waals surface area contributed by atoms with E-state index in [1.54, 1.807) is 0 Å².